The molecule has 2 N–H and O–H groups in total. The second kappa shape index (κ2) is 7.73. The van der Waals surface area contributed by atoms with E-state index >= 15 is 0 Å². The van der Waals surface area contributed by atoms with Crippen molar-refractivity contribution in [1.82, 2.24) is 24.9 Å². The maximum absolute atomic E-state index is 12.9. The van der Waals surface area contributed by atoms with Gasteiger partial charge in [0.15, 0.2) is 0 Å². The van der Waals surface area contributed by atoms with Crippen LogP contribution in [-0.4, -0.2) is 25.5 Å². The summed E-state index contributed by atoms with van der Waals surface area (Å²) in [5.41, 5.74) is 5.68. The van der Waals surface area contributed by atoms with Gasteiger partial charge < -0.3 is 5.32 Å². The van der Waals surface area contributed by atoms with E-state index in [9.17, 15) is 9.59 Å². The van der Waals surface area contributed by atoms with E-state index in [0.717, 1.165) is 40.3 Å². The van der Waals surface area contributed by atoms with Crippen molar-refractivity contribution in [1.29, 1.82) is 0 Å². The van der Waals surface area contributed by atoms with Gasteiger partial charge in [0.05, 0.1) is 23.6 Å². The van der Waals surface area contributed by atoms with Crippen LogP contribution in [0.4, 0.5) is 0 Å². The predicted octanol–water partition coefficient (Wildman–Crippen LogP) is 2.33. The highest BCUT2D eigenvalue weighted by atomic mass is 16.2. The average Bonchev–Trinajstić information content (AvgIpc) is 3.09. The number of rotatable bonds is 4. The number of benzene rings is 1. The highest BCUT2D eigenvalue weighted by molar-refractivity contribution is 5.78. The number of hydrogen-bond acceptors (Lipinski definition) is 3. The minimum Gasteiger partial charge on any atom is -0.350 e. The van der Waals surface area contributed by atoms with Gasteiger partial charge in [0.1, 0.15) is 0 Å². The van der Waals surface area contributed by atoms with Crippen molar-refractivity contribution in [2.24, 2.45) is 13.0 Å². The molecule has 2 aromatic heterocycles. The van der Waals surface area contributed by atoms with Gasteiger partial charge in [0.25, 0.3) is 5.56 Å². The quantitative estimate of drug-likeness (QED) is 0.667. The first-order valence-corrected chi connectivity index (χ1v) is 10.1. The molecule has 1 aliphatic carbocycles. The molecule has 1 unspecified atom stereocenters. The van der Waals surface area contributed by atoms with Gasteiger partial charge in [0, 0.05) is 24.2 Å². The number of aryl methyl sites for hydroxylation is 4. The topological polar surface area (TPSA) is 84.7 Å². The Morgan fingerprint density at radius 1 is 1.21 bits per heavy atom. The van der Waals surface area contributed by atoms with E-state index < -0.39 is 0 Å². The van der Waals surface area contributed by atoms with Crippen LogP contribution >= 0.6 is 0 Å². The Labute approximate surface area is 169 Å². The summed E-state index contributed by atoms with van der Waals surface area (Å²) in [6.45, 7) is 4.43. The van der Waals surface area contributed by atoms with Crippen molar-refractivity contribution in [3.63, 3.8) is 0 Å². The molecule has 0 radical (unpaired) electrons. The Hall–Kier alpha value is -3.09. The molecular weight excluding hydrogens is 366 g/mol. The fraction of sp³-hybridized carbons (Fsp3) is 0.409. The van der Waals surface area contributed by atoms with E-state index in [1.54, 1.807) is 9.36 Å². The zero-order valence-corrected chi connectivity index (χ0v) is 17.2. The first-order valence-electron chi connectivity index (χ1n) is 10.1. The lowest BCUT2D eigenvalue weighted by Crippen LogP contribution is -2.31. The molecule has 4 rings (SSSR count). The van der Waals surface area contributed by atoms with Crippen LogP contribution in [0, 0.1) is 19.8 Å². The number of aromatic amines is 1. The van der Waals surface area contributed by atoms with Crippen molar-refractivity contribution in [2.45, 2.75) is 46.1 Å². The number of fused-ring (bicyclic) bond motifs is 1. The van der Waals surface area contributed by atoms with Crippen LogP contribution in [0.2, 0.25) is 0 Å². The molecule has 0 aliphatic heterocycles. The molecule has 152 valence electrons. The largest absolute Gasteiger partial charge is 0.350 e. The molecule has 0 bridgehead atoms. The summed E-state index contributed by atoms with van der Waals surface area (Å²) in [6.07, 6.45) is 2.74. The number of nitrogens with one attached hydrogen (secondary N) is 2. The zero-order valence-electron chi connectivity index (χ0n) is 17.2. The van der Waals surface area contributed by atoms with Crippen LogP contribution in [0.25, 0.3) is 5.69 Å². The van der Waals surface area contributed by atoms with Gasteiger partial charge >= 0.3 is 0 Å². The van der Waals surface area contributed by atoms with Gasteiger partial charge in [-0.3, -0.25) is 19.4 Å². The lowest BCUT2D eigenvalue weighted by molar-refractivity contribution is -0.125. The SMILES string of the molecule is Cc1ccc(-n2[nH]c3c(c2=O)CCC(C(=O)NCc2cc(C)nn2C)CC3)cc1. The molecule has 2 heterocycles. The molecule has 0 fully saturated rings. The Morgan fingerprint density at radius 2 is 1.93 bits per heavy atom. The molecule has 1 aromatic carbocycles. The van der Waals surface area contributed by atoms with E-state index in [-0.39, 0.29) is 17.4 Å². The molecule has 29 heavy (non-hydrogen) atoms. The molecular formula is C22H27N5O2. The van der Waals surface area contributed by atoms with Crippen molar-refractivity contribution in [2.75, 3.05) is 0 Å². The summed E-state index contributed by atoms with van der Waals surface area (Å²) in [7, 11) is 1.88. The smallest absolute Gasteiger partial charge is 0.274 e. The summed E-state index contributed by atoms with van der Waals surface area (Å²) in [5, 5.41) is 10.6. The lowest BCUT2D eigenvalue weighted by atomic mass is 9.99. The summed E-state index contributed by atoms with van der Waals surface area (Å²) in [6, 6.07) is 9.87. The summed E-state index contributed by atoms with van der Waals surface area (Å²) in [5.74, 6) is -0.0368. The third-order valence-electron chi connectivity index (χ3n) is 5.76. The van der Waals surface area contributed by atoms with Gasteiger partial charge in [-0.25, -0.2) is 4.68 Å². The van der Waals surface area contributed by atoms with Gasteiger partial charge in [-0.1, -0.05) is 17.7 Å². The van der Waals surface area contributed by atoms with Crippen LogP contribution in [0.15, 0.2) is 35.1 Å². The predicted molar refractivity (Wildman–Crippen MR) is 111 cm³/mol. The van der Waals surface area contributed by atoms with Crippen molar-refractivity contribution in [3.8, 4) is 5.69 Å². The number of aromatic nitrogens is 4. The van der Waals surface area contributed by atoms with E-state index in [1.165, 1.54) is 0 Å². The van der Waals surface area contributed by atoms with Crippen LogP contribution < -0.4 is 10.9 Å². The maximum Gasteiger partial charge on any atom is 0.274 e. The Morgan fingerprint density at radius 3 is 2.62 bits per heavy atom. The van der Waals surface area contributed by atoms with Gasteiger partial charge in [-0.15, -0.1) is 0 Å². The highest BCUT2D eigenvalue weighted by Gasteiger charge is 2.26. The second-order valence-corrected chi connectivity index (χ2v) is 7.94. The maximum atomic E-state index is 12.9. The average molecular weight is 393 g/mol. The number of nitrogens with zero attached hydrogens (tertiary/aromatic N) is 3. The number of carbonyl (C=O) groups is 1. The molecule has 7 heteroatoms. The highest BCUT2D eigenvalue weighted by Crippen LogP contribution is 2.23. The van der Waals surface area contributed by atoms with Gasteiger partial charge in [0.2, 0.25) is 5.91 Å². The zero-order chi connectivity index (χ0) is 20.5. The number of amides is 1. The second-order valence-electron chi connectivity index (χ2n) is 7.94. The minimum atomic E-state index is -0.0858. The summed E-state index contributed by atoms with van der Waals surface area (Å²) in [4.78, 5) is 25.6. The first-order chi connectivity index (χ1) is 13.9. The fourth-order valence-corrected chi connectivity index (χ4v) is 4.05. The van der Waals surface area contributed by atoms with Crippen LogP contribution in [0.1, 0.15) is 41.1 Å². The standard InChI is InChI=1S/C22H27N5O2/c1-14-4-8-17(9-5-14)27-22(29)19-10-6-16(7-11-20(19)25-27)21(28)23-13-18-12-15(2)24-26(18)3/h4-5,8-9,12,16,25H,6-7,10-11,13H2,1-3H3,(H,23,28). The van der Waals surface area contributed by atoms with Crippen LogP contribution in [0.5, 0.6) is 0 Å². The molecule has 7 nitrogen and oxygen atoms in total. The molecule has 1 amide bonds. The first kappa shape index (κ1) is 19.2. The fourth-order valence-electron chi connectivity index (χ4n) is 4.05. The normalized spacial score (nSPS) is 16.3. The summed E-state index contributed by atoms with van der Waals surface area (Å²) >= 11 is 0. The van der Waals surface area contributed by atoms with E-state index in [4.69, 9.17) is 0 Å². The molecule has 0 spiro atoms. The third-order valence-corrected chi connectivity index (χ3v) is 5.76. The summed E-state index contributed by atoms with van der Waals surface area (Å²) < 4.78 is 3.41. The number of H-pyrrole nitrogens is 1. The molecule has 0 saturated heterocycles. The molecule has 1 atom stereocenters. The molecule has 1 aliphatic rings. The Bertz CT molecular complexity index is 1090. The Kier molecular flexibility index (Phi) is 5.13. The number of carbonyl (C=O) groups excluding carboxylic acids is 1. The molecule has 3 aromatic rings. The van der Waals surface area contributed by atoms with Crippen LogP contribution in [-0.2, 0) is 31.2 Å². The third kappa shape index (κ3) is 3.90. The number of hydrogen-bond donors (Lipinski definition) is 2. The van der Waals surface area contributed by atoms with Crippen molar-refractivity contribution >= 4 is 5.91 Å². The van der Waals surface area contributed by atoms with Gasteiger partial charge in [-0.05, 0) is 57.7 Å². The minimum absolute atomic E-state index is 0.00438. The van der Waals surface area contributed by atoms with E-state index in [0.29, 0.717) is 25.8 Å². The van der Waals surface area contributed by atoms with Gasteiger partial charge in [-0.2, -0.15) is 5.10 Å². The van der Waals surface area contributed by atoms with E-state index in [2.05, 4.69) is 15.5 Å². The molecule has 0 saturated carbocycles. The van der Waals surface area contributed by atoms with Crippen molar-refractivity contribution < 1.29 is 4.79 Å². The Balaban J connectivity index is 1.43. The van der Waals surface area contributed by atoms with E-state index in [1.807, 2.05) is 51.2 Å². The van der Waals surface area contributed by atoms with Crippen molar-refractivity contribution in [3.05, 3.63) is 68.9 Å². The monoisotopic (exact) mass is 393 g/mol. The lowest BCUT2D eigenvalue weighted by Gasteiger charge is -2.14. The van der Waals surface area contributed by atoms with Crippen LogP contribution in [0.3, 0.4) is 0 Å².